The van der Waals surface area contributed by atoms with Crippen LogP contribution in [0.1, 0.15) is 40.0 Å². The highest BCUT2D eigenvalue weighted by Gasteiger charge is 2.36. The molecule has 0 amide bonds. The topological polar surface area (TPSA) is 140 Å². The molecule has 0 bridgehead atoms. The molecule has 1 atom stereocenters. The van der Waals surface area contributed by atoms with Crippen LogP contribution in [0, 0.1) is 18.3 Å². The minimum atomic E-state index is -1.07. The van der Waals surface area contributed by atoms with E-state index >= 15 is 0 Å². The van der Waals surface area contributed by atoms with Gasteiger partial charge >= 0.3 is 11.9 Å². The van der Waals surface area contributed by atoms with Gasteiger partial charge in [-0.3, -0.25) is 4.79 Å². The standard InChI is InChI=1S/C23H18N4O5/c1-12-19-20(14-5-4-8-17(10-14)31-13(2)28)18(11-24)21(25)32-22(19)27(26-12)16-7-3-6-15(9-16)23(29)30/h3-10,20H,25H2,1-2H3,(H,29,30). The Balaban J connectivity index is 1.90. The number of rotatable bonds is 4. The van der Waals surface area contributed by atoms with E-state index in [1.807, 2.05) is 0 Å². The van der Waals surface area contributed by atoms with E-state index in [2.05, 4.69) is 11.2 Å². The normalized spacial score (nSPS) is 14.8. The van der Waals surface area contributed by atoms with E-state index in [1.54, 1.807) is 43.3 Å². The number of carboxylic acid groups (broad SMARTS) is 1. The van der Waals surface area contributed by atoms with E-state index in [0.717, 1.165) is 0 Å². The third-order valence-electron chi connectivity index (χ3n) is 5.02. The summed E-state index contributed by atoms with van der Waals surface area (Å²) in [5, 5.41) is 23.7. The van der Waals surface area contributed by atoms with Gasteiger partial charge in [-0.05, 0) is 42.8 Å². The number of allylic oxidation sites excluding steroid dienone is 1. The highest BCUT2D eigenvalue weighted by Crippen LogP contribution is 2.45. The summed E-state index contributed by atoms with van der Waals surface area (Å²) < 4.78 is 12.4. The molecular formula is C23H18N4O5. The Kier molecular flexibility index (Phi) is 5.12. The minimum Gasteiger partial charge on any atom is -0.478 e. The van der Waals surface area contributed by atoms with Gasteiger partial charge in [-0.2, -0.15) is 10.4 Å². The zero-order valence-corrected chi connectivity index (χ0v) is 17.2. The van der Waals surface area contributed by atoms with E-state index < -0.39 is 17.9 Å². The molecule has 0 saturated heterocycles. The van der Waals surface area contributed by atoms with Crippen molar-refractivity contribution in [2.45, 2.75) is 19.8 Å². The van der Waals surface area contributed by atoms with Gasteiger partial charge < -0.3 is 20.3 Å². The highest BCUT2D eigenvalue weighted by atomic mass is 16.5. The first-order valence-corrected chi connectivity index (χ1v) is 9.59. The lowest BCUT2D eigenvalue weighted by Crippen LogP contribution is -2.22. The summed E-state index contributed by atoms with van der Waals surface area (Å²) in [6, 6.07) is 15.1. The summed E-state index contributed by atoms with van der Waals surface area (Å²) in [5.41, 5.74) is 8.69. The molecule has 0 fully saturated rings. The number of hydrogen-bond donors (Lipinski definition) is 2. The number of carbonyl (C=O) groups is 2. The number of fused-ring (bicyclic) bond motifs is 1. The number of nitrogens with zero attached hydrogens (tertiary/aromatic N) is 3. The Labute approximate surface area is 182 Å². The first-order valence-electron chi connectivity index (χ1n) is 9.59. The predicted molar refractivity (Wildman–Crippen MR) is 112 cm³/mol. The average molecular weight is 430 g/mol. The molecule has 9 heteroatoms. The van der Waals surface area contributed by atoms with Crippen molar-refractivity contribution in [3.05, 3.63) is 82.4 Å². The van der Waals surface area contributed by atoms with Crippen LogP contribution in [0.4, 0.5) is 0 Å². The molecule has 3 N–H and O–H groups in total. The van der Waals surface area contributed by atoms with Gasteiger partial charge in [-0.25, -0.2) is 9.48 Å². The second kappa shape index (κ2) is 7.92. The molecule has 2 aromatic carbocycles. The summed E-state index contributed by atoms with van der Waals surface area (Å²) in [6.07, 6.45) is 0. The van der Waals surface area contributed by atoms with Gasteiger partial charge in [0.1, 0.15) is 17.4 Å². The molecule has 1 unspecified atom stereocenters. The maximum Gasteiger partial charge on any atom is 0.335 e. The minimum absolute atomic E-state index is 0.0848. The molecule has 0 aliphatic carbocycles. The SMILES string of the molecule is CC(=O)Oc1cccc(C2C(C#N)=C(N)Oc3c2c(C)nn3-c2cccc(C(=O)O)c2)c1. The number of carboxylic acids is 1. The van der Waals surface area contributed by atoms with Crippen LogP contribution >= 0.6 is 0 Å². The van der Waals surface area contributed by atoms with Crippen LogP contribution in [0.3, 0.4) is 0 Å². The molecule has 0 radical (unpaired) electrons. The van der Waals surface area contributed by atoms with Crippen molar-refractivity contribution in [1.29, 1.82) is 5.26 Å². The predicted octanol–water partition coefficient (Wildman–Crippen LogP) is 3.02. The molecule has 160 valence electrons. The van der Waals surface area contributed by atoms with Gasteiger partial charge in [0.15, 0.2) is 0 Å². The number of aromatic nitrogens is 2. The lowest BCUT2D eigenvalue weighted by Gasteiger charge is -2.25. The van der Waals surface area contributed by atoms with Gasteiger partial charge in [0, 0.05) is 6.92 Å². The maximum atomic E-state index is 11.4. The number of nitriles is 1. The van der Waals surface area contributed by atoms with Crippen LogP contribution in [0.5, 0.6) is 11.6 Å². The largest absolute Gasteiger partial charge is 0.478 e. The van der Waals surface area contributed by atoms with Gasteiger partial charge in [0.25, 0.3) is 0 Å². The van der Waals surface area contributed by atoms with Crippen molar-refractivity contribution in [1.82, 2.24) is 9.78 Å². The number of hydrogen-bond acceptors (Lipinski definition) is 7. The monoisotopic (exact) mass is 430 g/mol. The van der Waals surface area contributed by atoms with Crippen molar-refractivity contribution in [2.24, 2.45) is 5.73 Å². The number of ether oxygens (including phenoxy) is 2. The van der Waals surface area contributed by atoms with Crippen molar-refractivity contribution >= 4 is 11.9 Å². The molecule has 1 aliphatic heterocycles. The number of aromatic carboxylic acids is 1. The molecular weight excluding hydrogens is 412 g/mol. The first kappa shape index (κ1) is 20.7. The van der Waals surface area contributed by atoms with Crippen molar-refractivity contribution in [2.75, 3.05) is 0 Å². The molecule has 4 rings (SSSR count). The molecule has 1 aromatic heterocycles. The van der Waals surface area contributed by atoms with Crippen LogP contribution in [-0.2, 0) is 4.79 Å². The van der Waals surface area contributed by atoms with Crippen molar-refractivity contribution < 1.29 is 24.2 Å². The fourth-order valence-corrected chi connectivity index (χ4v) is 3.72. The summed E-state index contributed by atoms with van der Waals surface area (Å²) in [5.74, 6) is -1.62. The molecule has 2 heterocycles. The Morgan fingerprint density at radius 2 is 2.00 bits per heavy atom. The number of esters is 1. The van der Waals surface area contributed by atoms with Crippen LogP contribution in [0.25, 0.3) is 5.69 Å². The first-order chi connectivity index (χ1) is 15.3. The molecule has 1 aliphatic rings. The van der Waals surface area contributed by atoms with Crippen LogP contribution in [0.15, 0.2) is 60.0 Å². The smallest absolute Gasteiger partial charge is 0.335 e. The lowest BCUT2D eigenvalue weighted by atomic mass is 9.84. The fraction of sp³-hybridized carbons (Fsp3) is 0.130. The highest BCUT2D eigenvalue weighted by molar-refractivity contribution is 5.88. The average Bonchev–Trinajstić information content (AvgIpc) is 3.08. The lowest BCUT2D eigenvalue weighted by molar-refractivity contribution is -0.131. The summed E-state index contributed by atoms with van der Waals surface area (Å²) in [6.45, 7) is 3.07. The van der Waals surface area contributed by atoms with E-state index in [-0.39, 0.29) is 22.9 Å². The van der Waals surface area contributed by atoms with Crippen molar-refractivity contribution in [3.63, 3.8) is 0 Å². The van der Waals surface area contributed by atoms with Crippen LogP contribution in [-0.4, -0.2) is 26.8 Å². The van der Waals surface area contributed by atoms with Gasteiger partial charge in [0.05, 0.1) is 28.4 Å². The maximum absolute atomic E-state index is 11.4. The Morgan fingerprint density at radius 1 is 1.25 bits per heavy atom. The molecule has 9 nitrogen and oxygen atoms in total. The van der Waals surface area contributed by atoms with E-state index in [1.165, 1.54) is 23.7 Å². The van der Waals surface area contributed by atoms with E-state index in [0.29, 0.717) is 28.3 Å². The summed E-state index contributed by atoms with van der Waals surface area (Å²) in [4.78, 5) is 22.8. The van der Waals surface area contributed by atoms with Crippen molar-refractivity contribution in [3.8, 4) is 23.4 Å². The van der Waals surface area contributed by atoms with Gasteiger partial charge in [-0.1, -0.05) is 18.2 Å². The molecule has 32 heavy (non-hydrogen) atoms. The zero-order valence-electron chi connectivity index (χ0n) is 17.2. The molecule has 0 spiro atoms. The number of carbonyl (C=O) groups excluding carboxylic acids is 1. The quantitative estimate of drug-likeness (QED) is 0.475. The third-order valence-corrected chi connectivity index (χ3v) is 5.02. The van der Waals surface area contributed by atoms with E-state index in [9.17, 15) is 20.0 Å². The van der Waals surface area contributed by atoms with Crippen LogP contribution in [0.2, 0.25) is 0 Å². The second-order valence-electron chi connectivity index (χ2n) is 7.16. The summed E-state index contributed by atoms with van der Waals surface area (Å²) >= 11 is 0. The Bertz CT molecular complexity index is 1330. The van der Waals surface area contributed by atoms with E-state index in [4.69, 9.17) is 15.2 Å². The Morgan fingerprint density at radius 3 is 2.69 bits per heavy atom. The second-order valence-corrected chi connectivity index (χ2v) is 7.16. The number of aryl methyl sites for hydroxylation is 1. The number of benzene rings is 2. The fourth-order valence-electron chi connectivity index (χ4n) is 3.72. The van der Waals surface area contributed by atoms with Crippen LogP contribution < -0.4 is 15.2 Å². The zero-order chi connectivity index (χ0) is 23.0. The Hall–Kier alpha value is -4.58. The van der Waals surface area contributed by atoms with Gasteiger partial charge in [0.2, 0.25) is 11.8 Å². The summed E-state index contributed by atoms with van der Waals surface area (Å²) in [7, 11) is 0. The number of nitrogens with two attached hydrogens (primary N) is 1. The molecule has 0 saturated carbocycles. The van der Waals surface area contributed by atoms with Gasteiger partial charge in [-0.15, -0.1) is 0 Å². The third kappa shape index (κ3) is 3.54. The molecule has 3 aromatic rings.